The average molecular weight is 222 g/mol. The van der Waals surface area contributed by atoms with Crippen molar-refractivity contribution in [1.82, 2.24) is 0 Å². The van der Waals surface area contributed by atoms with Crippen molar-refractivity contribution in [2.24, 2.45) is 0 Å². The van der Waals surface area contributed by atoms with E-state index in [0.717, 1.165) is 22.8 Å². The second kappa shape index (κ2) is 5.03. The van der Waals surface area contributed by atoms with Crippen LogP contribution >= 0.6 is 11.8 Å². The van der Waals surface area contributed by atoms with E-state index in [1.54, 1.807) is 30.2 Å². The number of rotatable bonds is 4. The molecule has 2 aromatic rings. The molecule has 0 aliphatic carbocycles. The van der Waals surface area contributed by atoms with E-state index >= 15 is 0 Å². The summed E-state index contributed by atoms with van der Waals surface area (Å²) in [5, 5.41) is 0. The fraction of sp³-hybridized carbons (Fsp3) is 0.167. The normalized spacial score (nSPS) is 10.5. The lowest BCUT2D eigenvalue weighted by Gasteiger charge is -2.00. The predicted molar refractivity (Wildman–Crippen MR) is 60.1 cm³/mol. The Kier molecular flexibility index (Phi) is 3.45. The van der Waals surface area contributed by atoms with E-state index < -0.39 is 0 Å². The molecule has 1 nitrogen and oxygen atoms in total. The third-order valence-electron chi connectivity index (χ3n) is 1.98. The van der Waals surface area contributed by atoms with E-state index in [1.807, 2.05) is 18.2 Å². The molecule has 0 bridgehead atoms. The first kappa shape index (κ1) is 10.3. The monoisotopic (exact) mass is 222 g/mol. The lowest BCUT2D eigenvalue weighted by Crippen LogP contribution is -1.83. The van der Waals surface area contributed by atoms with Gasteiger partial charge >= 0.3 is 0 Å². The van der Waals surface area contributed by atoms with Crippen LogP contribution in [0.3, 0.4) is 0 Å². The molecule has 0 aliphatic heterocycles. The van der Waals surface area contributed by atoms with Gasteiger partial charge in [0.2, 0.25) is 0 Å². The topological polar surface area (TPSA) is 13.1 Å². The Bertz CT molecular complexity index is 411. The van der Waals surface area contributed by atoms with Crippen LogP contribution in [0.5, 0.6) is 0 Å². The zero-order chi connectivity index (χ0) is 10.5. The third-order valence-corrected chi connectivity index (χ3v) is 3.01. The van der Waals surface area contributed by atoms with E-state index in [2.05, 4.69) is 0 Å². The Morgan fingerprint density at radius 3 is 2.80 bits per heavy atom. The second-order valence-corrected chi connectivity index (χ2v) is 4.19. The van der Waals surface area contributed by atoms with Crippen molar-refractivity contribution in [2.45, 2.75) is 11.5 Å². The van der Waals surface area contributed by atoms with Crippen LogP contribution in [0.4, 0.5) is 4.39 Å². The van der Waals surface area contributed by atoms with Gasteiger partial charge in [-0.1, -0.05) is 12.1 Å². The molecule has 3 heteroatoms. The number of hydrogen-bond acceptors (Lipinski definition) is 2. The van der Waals surface area contributed by atoms with Crippen molar-refractivity contribution in [3.63, 3.8) is 0 Å². The second-order valence-electron chi connectivity index (χ2n) is 3.20. The SMILES string of the molecule is Fc1cccc(CSCc2ccco2)c1. The Balaban J connectivity index is 1.83. The molecule has 0 saturated heterocycles. The fourth-order valence-corrected chi connectivity index (χ4v) is 2.17. The standard InChI is InChI=1S/C12H11FOS/c13-11-4-1-3-10(7-11)8-15-9-12-5-2-6-14-12/h1-7H,8-9H2. The van der Waals surface area contributed by atoms with E-state index in [0.29, 0.717) is 0 Å². The summed E-state index contributed by atoms with van der Waals surface area (Å²) < 4.78 is 18.0. The van der Waals surface area contributed by atoms with Gasteiger partial charge in [-0.3, -0.25) is 0 Å². The van der Waals surface area contributed by atoms with Gasteiger partial charge in [-0.05, 0) is 29.8 Å². The highest BCUT2D eigenvalue weighted by atomic mass is 32.2. The molecular formula is C12H11FOS. The Labute approximate surface area is 92.3 Å². The van der Waals surface area contributed by atoms with Crippen molar-refractivity contribution in [2.75, 3.05) is 0 Å². The van der Waals surface area contributed by atoms with Crippen molar-refractivity contribution in [3.05, 3.63) is 59.8 Å². The summed E-state index contributed by atoms with van der Waals surface area (Å²) in [5.41, 5.74) is 1.01. The molecule has 2 rings (SSSR count). The third kappa shape index (κ3) is 3.13. The zero-order valence-electron chi connectivity index (χ0n) is 8.15. The average Bonchev–Trinajstić information content (AvgIpc) is 2.71. The Morgan fingerprint density at radius 2 is 2.07 bits per heavy atom. The Hall–Kier alpha value is -1.22. The molecule has 0 N–H and O–H groups in total. The maximum atomic E-state index is 12.8. The molecule has 15 heavy (non-hydrogen) atoms. The lowest BCUT2D eigenvalue weighted by atomic mass is 10.2. The molecule has 0 saturated carbocycles. The van der Waals surface area contributed by atoms with Crippen LogP contribution < -0.4 is 0 Å². The first-order valence-corrected chi connectivity index (χ1v) is 5.84. The number of benzene rings is 1. The van der Waals surface area contributed by atoms with Gasteiger partial charge in [0.25, 0.3) is 0 Å². The summed E-state index contributed by atoms with van der Waals surface area (Å²) in [5.74, 6) is 2.41. The minimum Gasteiger partial charge on any atom is -0.468 e. The van der Waals surface area contributed by atoms with E-state index in [4.69, 9.17) is 4.42 Å². The van der Waals surface area contributed by atoms with Crippen LogP contribution in [0.1, 0.15) is 11.3 Å². The van der Waals surface area contributed by atoms with Crippen LogP contribution in [0.25, 0.3) is 0 Å². The molecule has 0 radical (unpaired) electrons. The molecule has 78 valence electrons. The largest absolute Gasteiger partial charge is 0.468 e. The predicted octanol–water partition coefficient (Wildman–Crippen LogP) is 3.85. The minimum atomic E-state index is -0.175. The molecule has 0 atom stereocenters. The van der Waals surface area contributed by atoms with Gasteiger partial charge in [0.15, 0.2) is 0 Å². The highest BCUT2D eigenvalue weighted by Gasteiger charge is 1.98. The van der Waals surface area contributed by atoms with Crippen molar-refractivity contribution in [3.8, 4) is 0 Å². The molecule has 1 aromatic carbocycles. The molecular weight excluding hydrogens is 211 g/mol. The van der Waals surface area contributed by atoms with E-state index in [1.165, 1.54) is 6.07 Å². The molecule has 1 heterocycles. The quantitative estimate of drug-likeness (QED) is 0.779. The van der Waals surface area contributed by atoms with Gasteiger partial charge in [0, 0.05) is 5.75 Å². The van der Waals surface area contributed by atoms with Crippen molar-refractivity contribution >= 4 is 11.8 Å². The van der Waals surface area contributed by atoms with Gasteiger partial charge in [-0.15, -0.1) is 11.8 Å². The van der Waals surface area contributed by atoms with Gasteiger partial charge in [-0.25, -0.2) is 4.39 Å². The van der Waals surface area contributed by atoms with Gasteiger partial charge in [-0.2, -0.15) is 0 Å². The highest BCUT2D eigenvalue weighted by Crippen LogP contribution is 2.18. The van der Waals surface area contributed by atoms with Crippen LogP contribution in [0, 0.1) is 5.82 Å². The summed E-state index contributed by atoms with van der Waals surface area (Å²) in [7, 11) is 0. The molecule has 0 spiro atoms. The minimum absolute atomic E-state index is 0.175. The van der Waals surface area contributed by atoms with E-state index in [9.17, 15) is 4.39 Å². The number of halogens is 1. The highest BCUT2D eigenvalue weighted by molar-refractivity contribution is 7.97. The number of thioether (sulfide) groups is 1. The van der Waals surface area contributed by atoms with Crippen LogP contribution in [-0.2, 0) is 11.5 Å². The van der Waals surface area contributed by atoms with Gasteiger partial charge < -0.3 is 4.42 Å². The maximum absolute atomic E-state index is 12.8. The van der Waals surface area contributed by atoms with Crippen LogP contribution in [-0.4, -0.2) is 0 Å². The Morgan fingerprint density at radius 1 is 1.13 bits per heavy atom. The summed E-state index contributed by atoms with van der Waals surface area (Å²) >= 11 is 1.71. The molecule has 0 unspecified atom stereocenters. The van der Waals surface area contributed by atoms with E-state index in [-0.39, 0.29) is 5.82 Å². The maximum Gasteiger partial charge on any atom is 0.123 e. The number of furan rings is 1. The summed E-state index contributed by atoms with van der Waals surface area (Å²) in [6, 6.07) is 10.5. The van der Waals surface area contributed by atoms with Crippen LogP contribution in [0.15, 0.2) is 47.1 Å². The zero-order valence-corrected chi connectivity index (χ0v) is 8.97. The molecule has 0 aliphatic rings. The van der Waals surface area contributed by atoms with Crippen molar-refractivity contribution < 1.29 is 8.81 Å². The van der Waals surface area contributed by atoms with Gasteiger partial charge in [0.05, 0.1) is 12.0 Å². The first-order valence-electron chi connectivity index (χ1n) is 4.69. The first-order chi connectivity index (χ1) is 7.34. The fourth-order valence-electron chi connectivity index (χ4n) is 1.29. The molecule has 0 fully saturated rings. The molecule has 1 aromatic heterocycles. The summed E-state index contributed by atoms with van der Waals surface area (Å²) in [6.07, 6.45) is 1.66. The number of hydrogen-bond donors (Lipinski definition) is 0. The summed E-state index contributed by atoms with van der Waals surface area (Å²) in [6.45, 7) is 0. The molecule has 0 amide bonds. The van der Waals surface area contributed by atoms with Crippen molar-refractivity contribution in [1.29, 1.82) is 0 Å². The lowest BCUT2D eigenvalue weighted by molar-refractivity contribution is 0.530. The smallest absolute Gasteiger partial charge is 0.123 e. The summed E-state index contributed by atoms with van der Waals surface area (Å²) in [4.78, 5) is 0. The van der Waals surface area contributed by atoms with Crippen LogP contribution in [0.2, 0.25) is 0 Å². The van der Waals surface area contributed by atoms with Gasteiger partial charge in [0.1, 0.15) is 11.6 Å².